The standard InChI is InChI=1S/C29H40N4O7S/c1-28(2,3)31-27(37)40-23-17-11-6-4-5-8-13-20-19-29(20,30-24(34)22-16-12-18-33(22)25(23)35)26(36)32-41(38,39)21-14-9-7-10-15-21/h7-10,13-15,20,22-23H,4-6,11-12,16-19H2,1-3H3,(H,30,34)(H,31,37)(H,32,36)/t20-,22+,23+,29-/m1/s1. The first kappa shape index (κ1) is 30.5. The summed E-state index contributed by atoms with van der Waals surface area (Å²) in [6, 6.07) is 6.68. The number of amides is 4. The van der Waals surface area contributed by atoms with E-state index in [2.05, 4.69) is 15.4 Å². The Kier molecular flexibility index (Phi) is 9.10. The smallest absolute Gasteiger partial charge is 0.408 e. The van der Waals surface area contributed by atoms with E-state index in [1.807, 2.05) is 32.9 Å². The maximum absolute atomic E-state index is 13.6. The Labute approximate surface area is 241 Å². The Balaban J connectivity index is 1.56. The summed E-state index contributed by atoms with van der Waals surface area (Å²) in [7, 11) is -4.16. The minimum Gasteiger partial charge on any atom is -0.436 e. The first-order valence-corrected chi connectivity index (χ1v) is 15.7. The van der Waals surface area contributed by atoms with E-state index in [1.54, 1.807) is 18.2 Å². The molecule has 0 aromatic heterocycles. The summed E-state index contributed by atoms with van der Waals surface area (Å²) in [5.74, 6) is -2.18. The zero-order chi connectivity index (χ0) is 29.8. The van der Waals surface area contributed by atoms with Crippen molar-refractivity contribution in [3.8, 4) is 0 Å². The molecule has 0 spiro atoms. The molecule has 41 heavy (non-hydrogen) atoms. The molecule has 11 nitrogen and oxygen atoms in total. The van der Waals surface area contributed by atoms with Gasteiger partial charge in [0.2, 0.25) is 5.91 Å². The van der Waals surface area contributed by atoms with Gasteiger partial charge in [-0.3, -0.25) is 14.4 Å². The van der Waals surface area contributed by atoms with Gasteiger partial charge in [-0.1, -0.05) is 36.8 Å². The highest BCUT2D eigenvalue weighted by Crippen LogP contribution is 2.45. The lowest BCUT2D eigenvalue weighted by Crippen LogP contribution is -2.57. The lowest BCUT2D eigenvalue weighted by atomic mass is 10.1. The van der Waals surface area contributed by atoms with Gasteiger partial charge in [0.1, 0.15) is 11.6 Å². The molecule has 0 radical (unpaired) electrons. The summed E-state index contributed by atoms with van der Waals surface area (Å²) < 4.78 is 33.5. The molecule has 0 bridgehead atoms. The molecule has 1 aliphatic carbocycles. The van der Waals surface area contributed by atoms with Crippen LogP contribution in [0.1, 0.15) is 72.1 Å². The number of nitrogens with one attached hydrogen (secondary N) is 3. The quantitative estimate of drug-likeness (QED) is 0.458. The van der Waals surface area contributed by atoms with Crippen LogP contribution in [0, 0.1) is 5.92 Å². The number of hydrogen-bond acceptors (Lipinski definition) is 7. The van der Waals surface area contributed by atoms with Crippen LogP contribution in [0.3, 0.4) is 0 Å². The fraction of sp³-hybridized carbons (Fsp3) is 0.586. The van der Waals surface area contributed by atoms with Gasteiger partial charge in [0.05, 0.1) is 4.90 Å². The minimum absolute atomic E-state index is 0.0601. The van der Waals surface area contributed by atoms with E-state index in [-0.39, 0.29) is 17.2 Å². The van der Waals surface area contributed by atoms with Crippen molar-refractivity contribution in [1.29, 1.82) is 0 Å². The molecule has 1 aromatic carbocycles. The molecule has 1 saturated heterocycles. The zero-order valence-electron chi connectivity index (χ0n) is 23.9. The zero-order valence-corrected chi connectivity index (χ0v) is 24.7. The van der Waals surface area contributed by atoms with Crippen LogP contribution in [0.5, 0.6) is 0 Å². The normalized spacial score (nSPS) is 27.4. The number of ether oxygens (including phenoxy) is 1. The van der Waals surface area contributed by atoms with Gasteiger partial charge in [0.25, 0.3) is 21.8 Å². The lowest BCUT2D eigenvalue weighted by molar-refractivity contribution is -0.146. The van der Waals surface area contributed by atoms with E-state index in [1.165, 1.54) is 17.0 Å². The van der Waals surface area contributed by atoms with Gasteiger partial charge in [-0.15, -0.1) is 0 Å². The van der Waals surface area contributed by atoms with Crippen LogP contribution in [-0.2, 0) is 29.1 Å². The average Bonchev–Trinajstić information content (AvgIpc) is 3.36. The predicted octanol–water partition coefficient (Wildman–Crippen LogP) is 2.77. The molecule has 2 heterocycles. The van der Waals surface area contributed by atoms with Crippen LogP contribution >= 0.6 is 0 Å². The van der Waals surface area contributed by atoms with Gasteiger partial charge < -0.3 is 20.3 Å². The van der Waals surface area contributed by atoms with Gasteiger partial charge in [0.15, 0.2) is 6.10 Å². The second-order valence-electron chi connectivity index (χ2n) is 12.0. The number of nitrogens with zero attached hydrogens (tertiary/aromatic N) is 1. The summed E-state index contributed by atoms with van der Waals surface area (Å²) in [6.07, 6.45) is 6.54. The Hall–Kier alpha value is -3.41. The second-order valence-corrected chi connectivity index (χ2v) is 13.7. The fourth-order valence-corrected chi connectivity index (χ4v) is 6.43. The molecule has 1 aromatic rings. The third-order valence-corrected chi connectivity index (χ3v) is 8.94. The van der Waals surface area contributed by atoms with Crippen molar-refractivity contribution in [2.45, 2.75) is 100 Å². The number of benzene rings is 1. The molecule has 3 aliphatic rings. The Morgan fingerprint density at radius 3 is 2.49 bits per heavy atom. The number of fused-ring (bicyclic) bond motifs is 2. The number of allylic oxidation sites excluding steroid dienone is 1. The minimum atomic E-state index is -4.16. The van der Waals surface area contributed by atoms with Gasteiger partial charge in [-0.2, -0.15) is 0 Å². The Bertz CT molecular complexity index is 1290. The molecule has 3 N–H and O–H groups in total. The number of carbonyl (C=O) groups is 4. The molecule has 2 aliphatic heterocycles. The second kappa shape index (κ2) is 12.2. The first-order chi connectivity index (χ1) is 19.3. The topological polar surface area (TPSA) is 151 Å². The van der Waals surface area contributed by atoms with E-state index >= 15 is 0 Å². The highest BCUT2D eigenvalue weighted by molar-refractivity contribution is 7.90. The summed E-state index contributed by atoms with van der Waals surface area (Å²) in [6.45, 7) is 5.73. The lowest BCUT2D eigenvalue weighted by Gasteiger charge is -2.30. The molecular formula is C29H40N4O7S. The molecule has 4 atom stereocenters. The van der Waals surface area contributed by atoms with Crippen molar-refractivity contribution in [2.24, 2.45) is 5.92 Å². The molecular weight excluding hydrogens is 548 g/mol. The maximum atomic E-state index is 13.6. The van der Waals surface area contributed by atoms with E-state index in [4.69, 9.17) is 4.74 Å². The SMILES string of the molecule is CC(C)(C)NC(=O)O[C@H]1CCCCCC=C[C@@H]2C[C@@]2(C(=O)NS(=O)(=O)c2ccccc2)NC(=O)[C@@H]2CCCN2C1=O. The molecule has 224 valence electrons. The van der Waals surface area contributed by atoms with Crippen LogP contribution < -0.4 is 15.4 Å². The van der Waals surface area contributed by atoms with Crippen LogP contribution in [0.4, 0.5) is 4.79 Å². The predicted molar refractivity (Wildman–Crippen MR) is 151 cm³/mol. The van der Waals surface area contributed by atoms with Crippen LogP contribution in [0.15, 0.2) is 47.4 Å². The maximum Gasteiger partial charge on any atom is 0.408 e. The number of sulfonamides is 1. The van der Waals surface area contributed by atoms with E-state index in [9.17, 15) is 27.6 Å². The van der Waals surface area contributed by atoms with Crippen LogP contribution in [-0.4, -0.2) is 66.9 Å². The van der Waals surface area contributed by atoms with Crippen molar-refractivity contribution < 1.29 is 32.3 Å². The molecule has 2 fully saturated rings. The molecule has 4 rings (SSSR count). The van der Waals surface area contributed by atoms with E-state index in [0.29, 0.717) is 38.6 Å². The number of hydrogen-bond donors (Lipinski definition) is 3. The highest BCUT2D eigenvalue weighted by atomic mass is 32.2. The molecule has 12 heteroatoms. The van der Waals surface area contributed by atoms with Crippen molar-refractivity contribution >= 4 is 33.8 Å². The Morgan fingerprint density at radius 2 is 1.78 bits per heavy atom. The van der Waals surface area contributed by atoms with Crippen molar-refractivity contribution in [3.63, 3.8) is 0 Å². The monoisotopic (exact) mass is 588 g/mol. The Morgan fingerprint density at radius 1 is 1.05 bits per heavy atom. The third-order valence-electron chi connectivity index (χ3n) is 7.59. The molecule has 0 unspecified atom stereocenters. The van der Waals surface area contributed by atoms with Crippen molar-refractivity contribution in [3.05, 3.63) is 42.5 Å². The molecule has 4 amide bonds. The summed E-state index contributed by atoms with van der Waals surface area (Å²) >= 11 is 0. The van der Waals surface area contributed by atoms with Gasteiger partial charge in [-0.25, -0.2) is 17.9 Å². The third kappa shape index (κ3) is 7.46. The average molecular weight is 589 g/mol. The number of rotatable bonds is 4. The van der Waals surface area contributed by atoms with Gasteiger partial charge in [0, 0.05) is 18.0 Å². The van der Waals surface area contributed by atoms with Crippen molar-refractivity contribution in [1.82, 2.24) is 20.3 Å². The van der Waals surface area contributed by atoms with Gasteiger partial charge in [-0.05, 0) is 77.8 Å². The summed E-state index contributed by atoms with van der Waals surface area (Å²) in [5.41, 5.74) is -2.00. The van der Waals surface area contributed by atoms with Crippen molar-refractivity contribution in [2.75, 3.05) is 6.54 Å². The highest BCUT2D eigenvalue weighted by Gasteiger charge is 2.61. The molecule has 1 saturated carbocycles. The van der Waals surface area contributed by atoms with Crippen LogP contribution in [0.2, 0.25) is 0 Å². The van der Waals surface area contributed by atoms with E-state index in [0.717, 1.165) is 12.8 Å². The largest absolute Gasteiger partial charge is 0.436 e. The summed E-state index contributed by atoms with van der Waals surface area (Å²) in [5, 5.41) is 5.52. The summed E-state index contributed by atoms with van der Waals surface area (Å²) in [4.78, 5) is 54.6. The van der Waals surface area contributed by atoms with Crippen LogP contribution in [0.25, 0.3) is 0 Å². The van der Waals surface area contributed by atoms with Gasteiger partial charge >= 0.3 is 6.09 Å². The van der Waals surface area contributed by atoms with E-state index < -0.39 is 57.1 Å². The fourth-order valence-electron chi connectivity index (χ4n) is 5.37. The first-order valence-electron chi connectivity index (χ1n) is 14.2. The number of alkyl carbamates (subject to hydrolysis) is 1. The number of carbonyl (C=O) groups excluding carboxylic acids is 4.